The van der Waals surface area contributed by atoms with E-state index in [-0.39, 0.29) is 23.8 Å². The zero-order valence-corrected chi connectivity index (χ0v) is 25.5. The SMILES string of the molecule is CC(O)(CNC(=O)c1ccccc1O)CC1CC(C)(C)Oc2nc(-c3ccc(C#N)cc3Cl)c(-c3ccc(Cl)cc3)cc21. The number of para-hydroxylation sites is 1. The first kappa shape index (κ1) is 30.4. The van der Waals surface area contributed by atoms with Gasteiger partial charge in [0, 0.05) is 28.3 Å². The summed E-state index contributed by atoms with van der Waals surface area (Å²) in [6.45, 7) is 5.60. The molecule has 0 aliphatic carbocycles. The number of amides is 1. The summed E-state index contributed by atoms with van der Waals surface area (Å²) in [5, 5.41) is 34.6. The molecule has 1 aromatic heterocycles. The smallest absolute Gasteiger partial charge is 0.255 e. The molecule has 43 heavy (non-hydrogen) atoms. The van der Waals surface area contributed by atoms with E-state index in [0.717, 1.165) is 16.7 Å². The van der Waals surface area contributed by atoms with Gasteiger partial charge in [-0.1, -0.05) is 47.5 Å². The molecule has 1 amide bonds. The minimum Gasteiger partial charge on any atom is -0.507 e. The van der Waals surface area contributed by atoms with E-state index in [0.29, 0.717) is 45.6 Å². The topological polar surface area (TPSA) is 115 Å². The van der Waals surface area contributed by atoms with Gasteiger partial charge < -0.3 is 20.3 Å². The van der Waals surface area contributed by atoms with E-state index in [1.807, 2.05) is 32.0 Å². The molecule has 0 fully saturated rings. The summed E-state index contributed by atoms with van der Waals surface area (Å²) in [6, 6.07) is 22.9. The van der Waals surface area contributed by atoms with Crippen LogP contribution in [0.3, 0.4) is 0 Å². The summed E-state index contributed by atoms with van der Waals surface area (Å²) in [5.41, 5.74) is 2.42. The lowest BCUT2D eigenvalue weighted by molar-refractivity contribution is 0.0159. The quantitative estimate of drug-likeness (QED) is 0.198. The third kappa shape index (κ3) is 6.78. The van der Waals surface area contributed by atoms with Gasteiger partial charge in [-0.3, -0.25) is 4.79 Å². The summed E-state index contributed by atoms with van der Waals surface area (Å²) in [4.78, 5) is 17.7. The number of halogens is 2. The van der Waals surface area contributed by atoms with Crippen LogP contribution in [0.4, 0.5) is 0 Å². The third-order valence-corrected chi connectivity index (χ3v) is 8.10. The molecular formula is C34H31Cl2N3O4. The normalized spacial score (nSPS) is 16.7. The average Bonchev–Trinajstić information content (AvgIpc) is 2.95. The van der Waals surface area contributed by atoms with Crippen molar-refractivity contribution < 1.29 is 19.7 Å². The summed E-state index contributed by atoms with van der Waals surface area (Å²) in [7, 11) is 0. The number of benzene rings is 3. The van der Waals surface area contributed by atoms with Crippen LogP contribution in [-0.4, -0.2) is 38.9 Å². The average molecular weight is 617 g/mol. The van der Waals surface area contributed by atoms with Crippen LogP contribution in [0.1, 0.15) is 61.0 Å². The zero-order valence-electron chi connectivity index (χ0n) is 24.0. The van der Waals surface area contributed by atoms with Gasteiger partial charge in [-0.25, -0.2) is 4.98 Å². The molecule has 2 heterocycles. The van der Waals surface area contributed by atoms with Crippen molar-refractivity contribution in [2.75, 3.05) is 6.54 Å². The van der Waals surface area contributed by atoms with Gasteiger partial charge in [0.2, 0.25) is 5.88 Å². The summed E-state index contributed by atoms with van der Waals surface area (Å²) >= 11 is 12.9. The number of aromatic nitrogens is 1. The first-order valence-electron chi connectivity index (χ1n) is 13.8. The number of phenolic OH excluding ortho intramolecular Hbond substituents is 1. The van der Waals surface area contributed by atoms with Crippen LogP contribution < -0.4 is 10.1 Å². The van der Waals surface area contributed by atoms with Crippen LogP contribution in [-0.2, 0) is 0 Å². The Morgan fingerprint density at radius 2 is 1.84 bits per heavy atom. The van der Waals surface area contributed by atoms with Gasteiger partial charge in [0.1, 0.15) is 11.4 Å². The van der Waals surface area contributed by atoms with Crippen LogP contribution in [0.25, 0.3) is 22.4 Å². The number of phenols is 1. The summed E-state index contributed by atoms with van der Waals surface area (Å²) < 4.78 is 6.38. The maximum absolute atomic E-state index is 12.7. The van der Waals surface area contributed by atoms with Crippen molar-refractivity contribution in [3.05, 3.63) is 99.5 Å². The number of hydrogen-bond donors (Lipinski definition) is 3. The van der Waals surface area contributed by atoms with E-state index in [1.54, 1.807) is 49.4 Å². The third-order valence-electron chi connectivity index (χ3n) is 7.54. The van der Waals surface area contributed by atoms with Crippen LogP contribution in [0.5, 0.6) is 11.6 Å². The largest absolute Gasteiger partial charge is 0.507 e. The van der Waals surface area contributed by atoms with Gasteiger partial charge in [0.05, 0.1) is 33.5 Å². The Bertz CT molecular complexity index is 1730. The standard InChI is InChI=1S/C34H31Cl2N3O4/c1-33(2)16-22(17-34(3,42)19-38-31(41)25-6-4-5-7-29(25)40)27-15-26(21-9-11-23(35)12-10-21)30(39-32(27)43-33)24-13-8-20(18-37)14-28(24)36/h4-15,22,40,42H,16-17,19H2,1-3H3,(H,38,41). The number of pyridine rings is 1. The Labute approximate surface area is 260 Å². The molecule has 4 aromatic rings. The summed E-state index contributed by atoms with van der Waals surface area (Å²) in [5.74, 6) is -0.330. The maximum atomic E-state index is 12.7. The first-order chi connectivity index (χ1) is 20.4. The second-order valence-corrected chi connectivity index (χ2v) is 12.6. The van der Waals surface area contributed by atoms with Crippen LogP contribution in [0, 0.1) is 11.3 Å². The molecule has 0 saturated heterocycles. The molecule has 3 aromatic carbocycles. The number of ether oxygens (including phenoxy) is 1. The molecule has 1 aliphatic heterocycles. The van der Waals surface area contributed by atoms with Crippen molar-refractivity contribution in [2.45, 2.75) is 50.7 Å². The predicted octanol–water partition coefficient (Wildman–Crippen LogP) is 7.52. The highest BCUT2D eigenvalue weighted by atomic mass is 35.5. The van der Waals surface area contributed by atoms with Crippen LogP contribution in [0.15, 0.2) is 72.8 Å². The molecule has 2 atom stereocenters. The fourth-order valence-electron chi connectivity index (χ4n) is 5.54. The van der Waals surface area contributed by atoms with Crippen molar-refractivity contribution >= 4 is 29.1 Å². The predicted molar refractivity (Wildman–Crippen MR) is 168 cm³/mol. The molecule has 5 rings (SSSR count). The number of nitrogens with zero attached hydrogens (tertiary/aromatic N) is 2. The van der Waals surface area contributed by atoms with Crippen molar-refractivity contribution in [3.8, 4) is 40.1 Å². The zero-order chi connectivity index (χ0) is 30.9. The Morgan fingerprint density at radius 1 is 1.12 bits per heavy atom. The number of aliphatic hydroxyl groups is 1. The Kier molecular flexibility index (Phi) is 8.40. The molecule has 7 nitrogen and oxygen atoms in total. The molecule has 2 unspecified atom stereocenters. The Hall–Kier alpha value is -4.09. The van der Waals surface area contributed by atoms with Crippen molar-refractivity contribution in [2.24, 2.45) is 0 Å². The number of carbonyl (C=O) groups is 1. The van der Waals surface area contributed by atoms with Gasteiger partial charge >= 0.3 is 0 Å². The van der Waals surface area contributed by atoms with E-state index in [9.17, 15) is 20.3 Å². The number of carbonyl (C=O) groups excluding carboxylic acids is 1. The molecule has 0 bridgehead atoms. The van der Waals surface area contributed by atoms with Gasteiger partial charge in [0.15, 0.2) is 0 Å². The number of fused-ring (bicyclic) bond motifs is 1. The Balaban J connectivity index is 1.53. The number of aromatic hydroxyl groups is 1. The number of nitrogens with one attached hydrogen (secondary N) is 1. The van der Waals surface area contributed by atoms with Gasteiger partial charge in [-0.15, -0.1) is 0 Å². The molecule has 3 N–H and O–H groups in total. The molecule has 220 valence electrons. The van der Waals surface area contributed by atoms with Crippen molar-refractivity contribution in [3.63, 3.8) is 0 Å². The fourth-order valence-corrected chi connectivity index (χ4v) is 5.94. The Morgan fingerprint density at radius 3 is 2.51 bits per heavy atom. The molecular weight excluding hydrogens is 585 g/mol. The minimum atomic E-state index is -1.29. The second kappa shape index (κ2) is 11.9. The van der Waals surface area contributed by atoms with Crippen LogP contribution >= 0.6 is 23.2 Å². The molecule has 1 aliphatic rings. The highest BCUT2D eigenvalue weighted by molar-refractivity contribution is 6.33. The minimum absolute atomic E-state index is 0.0241. The van der Waals surface area contributed by atoms with E-state index in [1.165, 1.54) is 12.1 Å². The number of nitriles is 1. The molecule has 0 spiro atoms. The van der Waals surface area contributed by atoms with E-state index in [4.69, 9.17) is 32.9 Å². The van der Waals surface area contributed by atoms with Gasteiger partial charge in [-0.05, 0) is 93.6 Å². The second-order valence-electron chi connectivity index (χ2n) is 11.8. The lowest BCUT2D eigenvalue weighted by atomic mass is 9.78. The molecule has 0 saturated carbocycles. The van der Waals surface area contributed by atoms with E-state index in [2.05, 4.69) is 11.4 Å². The van der Waals surface area contributed by atoms with Crippen molar-refractivity contribution in [1.82, 2.24) is 10.3 Å². The van der Waals surface area contributed by atoms with Gasteiger partial charge in [-0.2, -0.15) is 5.26 Å². The lowest BCUT2D eigenvalue weighted by Crippen LogP contribution is -2.44. The highest BCUT2D eigenvalue weighted by Gasteiger charge is 2.39. The molecule has 0 radical (unpaired) electrons. The van der Waals surface area contributed by atoms with Crippen molar-refractivity contribution in [1.29, 1.82) is 5.26 Å². The fraction of sp³-hybridized carbons (Fsp3) is 0.265. The van der Waals surface area contributed by atoms with Gasteiger partial charge in [0.25, 0.3) is 5.91 Å². The number of hydrogen-bond acceptors (Lipinski definition) is 6. The maximum Gasteiger partial charge on any atom is 0.255 e. The van der Waals surface area contributed by atoms with E-state index >= 15 is 0 Å². The summed E-state index contributed by atoms with van der Waals surface area (Å²) in [6.07, 6.45) is 0.912. The molecule has 9 heteroatoms. The van der Waals surface area contributed by atoms with Crippen LogP contribution in [0.2, 0.25) is 10.0 Å². The highest BCUT2D eigenvalue weighted by Crippen LogP contribution is 2.47. The lowest BCUT2D eigenvalue weighted by Gasteiger charge is -2.40. The first-order valence-corrected chi connectivity index (χ1v) is 14.6. The number of rotatable bonds is 7. The monoisotopic (exact) mass is 615 g/mol. The van der Waals surface area contributed by atoms with E-state index < -0.39 is 17.1 Å².